The van der Waals surface area contributed by atoms with Crippen LogP contribution in [-0.2, 0) is 4.74 Å². The van der Waals surface area contributed by atoms with Crippen molar-refractivity contribution in [3.8, 4) is 0 Å². The third-order valence-corrected chi connectivity index (χ3v) is 4.73. The Morgan fingerprint density at radius 3 is 2.48 bits per heavy atom. The van der Waals surface area contributed by atoms with E-state index >= 15 is 0 Å². The number of nitrogens with zero attached hydrogens (tertiary/aromatic N) is 1. The second-order valence-electron chi connectivity index (χ2n) is 6.14. The average Bonchev–Trinajstić information content (AvgIpc) is 2.83. The predicted octanol–water partition coefficient (Wildman–Crippen LogP) is 4.43. The lowest BCUT2D eigenvalue weighted by molar-refractivity contribution is 0.0233. The van der Waals surface area contributed by atoms with E-state index in [0.717, 1.165) is 26.3 Å². The second-order valence-corrected chi connectivity index (χ2v) is 6.14. The van der Waals surface area contributed by atoms with E-state index in [9.17, 15) is 0 Å². The Hall–Kier alpha value is -1.12. The number of allylic oxidation sites excluding steroid dienone is 1. The van der Waals surface area contributed by atoms with E-state index in [-0.39, 0.29) is 0 Å². The lowest BCUT2D eigenvalue weighted by Crippen LogP contribution is -2.39. The zero-order valence-electron chi connectivity index (χ0n) is 13.4. The fourth-order valence-electron chi connectivity index (χ4n) is 3.89. The summed E-state index contributed by atoms with van der Waals surface area (Å²) in [6.07, 6.45) is 4.91. The third kappa shape index (κ3) is 2.79. The summed E-state index contributed by atoms with van der Waals surface area (Å²) < 4.78 is 5.56. The van der Waals surface area contributed by atoms with Crippen LogP contribution >= 0.6 is 0 Å². The molecule has 114 valence electrons. The number of ether oxygens (including phenoxy) is 1. The molecule has 2 aliphatic rings. The Morgan fingerprint density at radius 1 is 1.05 bits per heavy atom. The monoisotopic (exact) mass is 285 g/mol. The molecule has 0 amide bonds. The summed E-state index contributed by atoms with van der Waals surface area (Å²) in [5.74, 6) is 0. The SMILES string of the molecule is CCCC1=C(CCC)C(N2CCOCC2)c2ccccc21. The van der Waals surface area contributed by atoms with E-state index < -0.39 is 0 Å². The summed E-state index contributed by atoms with van der Waals surface area (Å²) >= 11 is 0. The summed E-state index contributed by atoms with van der Waals surface area (Å²) in [4.78, 5) is 2.63. The first-order valence-corrected chi connectivity index (χ1v) is 8.49. The van der Waals surface area contributed by atoms with Crippen LogP contribution < -0.4 is 0 Å². The van der Waals surface area contributed by atoms with Gasteiger partial charge < -0.3 is 4.74 Å². The minimum Gasteiger partial charge on any atom is -0.379 e. The summed E-state index contributed by atoms with van der Waals surface area (Å²) in [5.41, 5.74) is 6.36. The van der Waals surface area contributed by atoms with Crippen LogP contribution in [0.25, 0.3) is 5.57 Å². The molecule has 0 spiro atoms. The number of rotatable bonds is 5. The minimum atomic E-state index is 0.506. The van der Waals surface area contributed by atoms with Gasteiger partial charge in [0.15, 0.2) is 0 Å². The first kappa shape index (κ1) is 14.8. The molecular formula is C19H27NO. The molecule has 1 saturated heterocycles. The van der Waals surface area contributed by atoms with E-state index in [1.807, 2.05) is 0 Å². The molecule has 0 aromatic heterocycles. The van der Waals surface area contributed by atoms with Crippen molar-refractivity contribution in [3.05, 3.63) is 41.0 Å². The first-order valence-electron chi connectivity index (χ1n) is 8.49. The number of morpholine rings is 1. The van der Waals surface area contributed by atoms with Gasteiger partial charge in [0.2, 0.25) is 0 Å². The van der Waals surface area contributed by atoms with Gasteiger partial charge in [-0.25, -0.2) is 0 Å². The molecule has 0 saturated carbocycles. The topological polar surface area (TPSA) is 12.5 Å². The van der Waals surface area contributed by atoms with Crippen LogP contribution in [0.4, 0.5) is 0 Å². The van der Waals surface area contributed by atoms with Crippen molar-refractivity contribution in [2.45, 2.75) is 45.6 Å². The van der Waals surface area contributed by atoms with Crippen molar-refractivity contribution >= 4 is 5.57 Å². The first-order chi connectivity index (χ1) is 10.4. The van der Waals surface area contributed by atoms with Gasteiger partial charge in [-0.2, -0.15) is 0 Å². The quantitative estimate of drug-likeness (QED) is 0.793. The summed E-state index contributed by atoms with van der Waals surface area (Å²) in [7, 11) is 0. The number of hydrogen-bond acceptors (Lipinski definition) is 2. The van der Waals surface area contributed by atoms with E-state index in [0.29, 0.717) is 6.04 Å². The van der Waals surface area contributed by atoms with Gasteiger partial charge in [0, 0.05) is 13.1 Å². The molecule has 0 N–H and O–H groups in total. The van der Waals surface area contributed by atoms with Crippen molar-refractivity contribution in [1.82, 2.24) is 4.90 Å². The van der Waals surface area contributed by atoms with Crippen molar-refractivity contribution in [2.75, 3.05) is 26.3 Å². The van der Waals surface area contributed by atoms with Crippen LogP contribution in [-0.4, -0.2) is 31.2 Å². The van der Waals surface area contributed by atoms with Crippen LogP contribution in [0.15, 0.2) is 29.8 Å². The third-order valence-electron chi connectivity index (χ3n) is 4.73. The highest BCUT2D eigenvalue weighted by molar-refractivity contribution is 5.78. The van der Waals surface area contributed by atoms with E-state index in [2.05, 4.69) is 43.0 Å². The zero-order chi connectivity index (χ0) is 14.7. The van der Waals surface area contributed by atoms with Gasteiger partial charge in [-0.05, 0) is 35.1 Å². The molecular weight excluding hydrogens is 258 g/mol. The van der Waals surface area contributed by atoms with Crippen molar-refractivity contribution < 1.29 is 4.74 Å². The molecule has 1 atom stereocenters. The van der Waals surface area contributed by atoms with E-state index in [1.165, 1.54) is 36.8 Å². The summed E-state index contributed by atoms with van der Waals surface area (Å²) in [6, 6.07) is 9.57. The Balaban J connectivity index is 2.02. The van der Waals surface area contributed by atoms with Crippen LogP contribution in [0, 0.1) is 0 Å². The highest BCUT2D eigenvalue weighted by atomic mass is 16.5. The fourth-order valence-corrected chi connectivity index (χ4v) is 3.89. The van der Waals surface area contributed by atoms with Gasteiger partial charge in [-0.3, -0.25) is 4.90 Å². The Bertz CT molecular complexity index is 514. The number of benzene rings is 1. The van der Waals surface area contributed by atoms with Crippen LogP contribution in [0.3, 0.4) is 0 Å². The smallest absolute Gasteiger partial charge is 0.0594 e. The molecule has 1 fully saturated rings. The highest BCUT2D eigenvalue weighted by Gasteiger charge is 2.34. The molecule has 1 heterocycles. The molecule has 0 radical (unpaired) electrons. The normalized spacial score (nSPS) is 22.7. The van der Waals surface area contributed by atoms with Crippen molar-refractivity contribution in [3.63, 3.8) is 0 Å². The Kier molecular flexibility index (Phi) is 4.77. The molecule has 1 aromatic rings. The van der Waals surface area contributed by atoms with Gasteiger partial charge in [-0.15, -0.1) is 0 Å². The maximum atomic E-state index is 5.56. The number of hydrogen-bond donors (Lipinski definition) is 0. The van der Waals surface area contributed by atoms with Crippen molar-refractivity contribution in [2.24, 2.45) is 0 Å². The standard InChI is InChI=1S/C19H27NO/c1-3-7-15-16-9-5-6-10-18(16)19(17(15)8-4-2)20-11-13-21-14-12-20/h5-6,9-10,19H,3-4,7-8,11-14H2,1-2H3. The minimum absolute atomic E-state index is 0.506. The largest absolute Gasteiger partial charge is 0.379 e. The van der Waals surface area contributed by atoms with E-state index in [4.69, 9.17) is 4.74 Å². The molecule has 3 rings (SSSR count). The fraction of sp³-hybridized carbons (Fsp3) is 0.579. The lowest BCUT2D eigenvalue weighted by Gasteiger charge is -2.34. The maximum Gasteiger partial charge on any atom is 0.0594 e. The van der Waals surface area contributed by atoms with E-state index in [1.54, 1.807) is 11.1 Å². The van der Waals surface area contributed by atoms with Crippen LogP contribution in [0.1, 0.15) is 56.7 Å². The van der Waals surface area contributed by atoms with Crippen molar-refractivity contribution in [1.29, 1.82) is 0 Å². The average molecular weight is 285 g/mol. The molecule has 21 heavy (non-hydrogen) atoms. The highest BCUT2D eigenvalue weighted by Crippen LogP contribution is 2.47. The molecule has 0 bridgehead atoms. The Labute approximate surface area is 128 Å². The van der Waals surface area contributed by atoms with Gasteiger partial charge in [0.25, 0.3) is 0 Å². The van der Waals surface area contributed by atoms with Gasteiger partial charge in [0.1, 0.15) is 0 Å². The molecule has 1 aromatic carbocycles. The lowest BCUT2D eigenvalue weighted by atomic mass is 9.97. The second kappa shape index (κ2) is 6.76. The van der Waals surface area contributed by atoms with Crippen LogP contribution in [0.5, 0.6) is 0 Å². The molecule has 2 heteroatoms. The number of fused-ring (bicyclic) bond motifs is 1. The molecule has 2 nitrogen and oxygen atoms in total. The van der Waals surface area contributed by atoms with Gasteiger partial charge >= 0.3 is 0 Å². The molecule has 1 aliphatic heterocycles. The van der Waals surface area contributed by atoms with Crippen LogP contribution in [0.2, 0.25) is 0 Å². The summed E-state index contributed by atoms with van der Waals surface area (Å²) in [6.45, 7) is 8.47. The predicted molar refractivity (Wildman–Crippen MR) is 88.3 cm³/mol. The van der Waals surface area contributed by atoms with Gasteiger partial charge in [-0.1, -0.05) is 51.0 Å². The molecule has 1 unspecified atom stereocenters. The summed E-state index contributed by atoms with van der Waals surface area (Å²) in [5, 5.41) is 0. The molecule has 1 aliphatic carbocycles. The Morgan fingerprint density at radius 2 is 1.76 bits per heavy atom. The maximum absolute atomic E-state index is 5.56. The zero-order valence-corrected chi connectivity index (χ0v) is 13.4. The van der Waals surface area contributed by atoms with Gasteiger partial charge in [0.05, 0.1) is 19.3 Å².